The molecule has 1 aliphatic heterocycles. The Morgan fingerprint density at radius 1 is 1.22 bits per heavy atom. The van der Waals surface area contributed by atoms with Crippen molar-refractivity contribution in [2.75, 3.05) is 13.2 Å². The highest BCUT2D eigenvalue weighted by Gasteiger charge is 2.37. The summed E-state index contributed by atoms with van der Waals surface area (Å²) in [6.45, 7) is 4.71. The molecule has 0 radical (unpaired) electrons. The minimum absolute atomic E-state index is 0.256. The van der Waals surface area contributed by atoms with Crippen molar-refractivity contribution in [3.8, 4) is 5.75 Å². The van der Waals surface area contributed by atoms with Crippen LogP contribution in [0, 0.1) is 0 Å². The number of rotatable bonds is 6. The van der Waals surface area contributed by atoms with Gasteiger partial charge < -0.3 is 14.7 Å². The van der Waals surface area contributed by atoms with Gasteiger partial charge in [0, 0.05) is 12.1 Å². The fraction of sp³-hybridized carbons (Fsp3) is 0.400. The lowest BCUT2D eigenvalue weighted by atomic mass is 9.86. The van der Waals surface area contributed by atoms with Crippen molar-refractivity contribution in [3.05, 3.63) is 70.8 Å². The number of halogens is 3. The molecule has 7 heteroatoms. The zero-order chi connectivity index (χ0) is 23.4. The van der Waals surface area contributed by atoms with E-state index in [-0.39, 0.29) is 6.61 Å². The maximum atomic E-state index is 12.7. The summed E-state index contributed by atoms with van der Waals surface area (Å²) < 4.78 is 44.0. The van der Waals surface area contributed by atoms with Crippen LogP contribution in [0.5, 0.6) is 5.75 Å². The molecule has 1 unspecified atom stereocenters. The summed E-state index contributed by atoms with van der Waals surface area (Å²) in [5.41, 5.74) is 1.62. The molecule has 32 heavy (non-hydrogen) atoms. The highest BCUT2D eigenvalue weighted by molar-refractivity contribution is 5.66. The van der Waals surface area contributed by atoms with Crippen molar-refractivity contribution in [1.82, 2.24) is 4.90 Å². The Balaban J connectivity index is 1.71. The smallest absolute Gasteiger partial charge is 0.416 e. The number of fused-ring (bicyclic) bond motifs is 1. The van der Waals surface area contributed by atoms with Crippen LogP contribution in [0.25, 0.3) is 6.08 Å². The molecular formula is C25H28F3NO3. The first-order valence-electron chi connectivity index (χ1n) is 10.7. The average Bonchev–Trinajstić information content (AvgIpc) is 2.87. The lowest BCUT2D eigenvalue weighted by Crippen LogP contribution is -2.50. The first-order chi connectivity index (χ1) is 15.1. The molecule has 1 amide bonds. The zero-order valence-electron chi connectivity index (χ0n) is 18.3. The number of carbonyl (C=O) groups is 1. The van der Waals surface area contributed by atoms with Crippen LogP contribution in [0.4, 0.5) is 18.0 Å². The molecule has 2 aromatic rings. The van der Waals surface area contributed by atoms with Gasteiger partial charge in [-0.05, 0) is 67.2 Å². The van der Waals surface area contributed by atoms with Gasteiger partial charge in [0.1, 0.15) is 12.4 Å². The van der Waals surface area contributed by atoms with Crippen LogP contribution in [0.15, 0.2) is 48.5 Å². The molecule has 0 spiro atoms. The predicted octanol–water partition coefficient (Wildman–Crippen LogP) is 6.44. The number of hydrogen-bond acceptors (Lipinski definition) is 2. The molecule has 2 aromatic carbocycles. The van der Waals surface area contributed by atoms with E-state index in [9.17, 15) is 23.1 Å². The molecule has 3 rings (SSSR count). The third-order valence-corrected chi connectivity index (χ3v) is 5.94. The summed E-state index contributed by atoms with van der Waals surface area (Å²) in [7, 11) is 0. The van der Waals surface area contributed by atoms with E-state index >= 15 is 0 Å². The van der Waals surface area contributed by atoms with E-state index in [1.807, 2.05) is 25.1 Å². The third kappa shape index (κ3) is 5.44. The Labute approximate surface area is 186 Å². The second kappa shape index (κ2) is 9.67. The number of nitrogens with zero attached hydrogens (tertiary/aromatic N) is 1. The van der Waals surface area contributed by atoms with Gasteiger partial charge in [-0.2, -0.15) is 13.2 Å². The van der Waals surface area contributed by atoms with Crippen LogP contribution >= 0.6 is 0 Å². The summed E-state index contributed by atoms with van der Waals surface area (Å²) in [4.78, 5) is 13.4. The van der Waals surface area contributed by atoms with Crippen molar-refractivity contribution in [3.63, 3.8) is 0 Å². The van der Waals surface area contributed by atoms with Gasteiger partial charge in [0.25, 0.3) is 0 Å². The van der Waals surface area contributed by atoms with E-state index in [0.717, 1.165) is 36.1 Å². The number of carboxylic acid groups (broad SMARTS) is 1. The lowest BCUT2D eigenvalue weighted by molar-refractivity contribution is -0.137. The monoisotopic (exact) mass is 447 g/mol. The first kappa shape index (κ1) is 23.7. The zero-order valence-corrected chi connectivity index (χ0v) is 18.3. The highest BCUT2D eigenvalue weighted by atomic mass is 19.4. The minimum atomic E-state index is -4.35. The first-order valence-corrected chi connectivity index (χ1v) is 10.7. The SMILES string of the molecule is CCCC1(C)Cc2cccc(OC/C=C/c3ccc(C(F)(F)F)cc3)c2CCN1C(=O)O. The average molecular weight is 447 g/mol. The van der Waals surface area contributed by atoms with Crippen molar-refractivity contribution in [1.29, 1.82) is 0 Å². The maximum Gasteiger partial charge on any atom is 0.416 e. The van der Waals surface area contributed by atoms with Gasteiger partial charge in [-0.15, -0.1) is 0 Å². The highest BCUT2D eigenvalue weighted by Crippen LogP contribution is 2.35. The fourth-order valence-corrected chi connectivity index (χ4v) is 4.39. The van der Waals surface area contributed by atoms with Crippen molar-refractivity contribution in [2.24, 2.45) is 0 Å². The number of ether oxygens (including phenoxy) is 1. The molecule has 0 saturated heterocycles. The minimum Gasteiger partial charge on any atom is -0.489 e. The van der Waals surface area contributed by atoms with Crippen molar-refractivity contribution in [2.45, 2.75) is 51.2 Å². The summed E-state index contributed by atoms with van der Waals surface area (Å²) in [5, 5.41) is 9.74. The number of hydrogen-bond donors (Lipinski definition) is 1. The van der Waals surface area contributed by atoms with Crippen LogP contribution in [-0.4, -0.2) is 34.8 Å². The molecule has 4 nitrogen and oxygen atoms in total. The van der Waals surface area contributed by atoms with Crippen molar-refractivity contribution < 1.29 is 27.8 Å². The Bertz CT molecular complexity index is 969. The topological polar surface area (TPSA) is 49.8 Å². The molecule has 1 aliphatic rings. The van der Waals surface area contributed by atoms with E-state index in [1.165, 1.54) is 12.1 Å². The van der Waals surface area contributed by atoms with Crippen LogP contribution in [0.2, 0.25) is 0 Å². The van der Waals surface area contributed by atoms with Gasteiger partial charge in [0.2, 0.25) is 0 Å². The predicted molar refractivity (Wildman–Crippen MR) is 118 cm³/mol. The summed E-state index contributed by atoms with van der Waals surface area (Å²) in [6.07, 6.45) is 1.08. The molecule has 1 atom stereocenters. The van der Waals surface area contributed by atoms with Crippen LogP contribution in [-0.2, 0) is 19.0 Å². The summed E-state index contributed by atoms with van der Waals surface area (Å²) in [6, 6.07) is 10.8. The Kier molecular flexibility index (Phi) is 7.16. The molecule has 172 valence electrons. The quantitative estimate of drug-likeness (QED) is 0.555. The summed E-state index contributed by atoms with van der Waals surface area (Å²) in [5.74, 6) is 0.714. The molecule has 0 saturated carbocycles. The van der Waals surface area contributed by atoms with Gasteiger partial charge in [0.15, 0.2) is 0 Å². The fourth-order valence-electron chi connectivity index (χ4n) is 4.39. The van der Waals surface area contributed by atoms with E-state index in [1.54, 1.807) is 17.1 Å². The third-order valence-electron chi connectivity index (χ3n) is 5.94. The van der Waals surface area contributed by atoms with E-state index in [4.69, 9.17) is 4.74 Å². The molecule has 0 aromatic heterocycles. The molecule has 0 fully saturated rings. The number of benzene rings is 2. The number of amides is 1. The molecular weight excluding hydrogens is 419 g/mol. The van der Waals surface area contributed by atoms with Gasteiger partial charge in [-0.1, -0.05) is 43.7 Å². The van der Waals surface area contributed by atoms with Crippen molar-refractivity contribution >= 4 is 12.2 Å². The van der Waals surface area contributed by atoms with Gasteiger partial charge in [-0.3, -0.25) is 0 Å². The second-order valence-electron chi connectivity index (χ2n) is 8.33. The summed E-state index contributed by atoms with van der Waals surface area (Å²) >= 11 is 0. The Morgan fingerprint density at radius 3 is 2.56 bits per heavy atom. The Morgan fingerprint density at radius 2 is 1.94 bits per heavy atom. The van der Waals surface area contributed by atoms with Crippen LogP contribution in [0.1, 0.15) is 48.9 Å². The maximum absolute atomic E-state index is 12.7. The standard InChI is InChI=1S/C25H28F3NO3/c1-3-14-24(2)17-19-7-4-8-22(21(19)13-15-29(24)23(30)31)32-16-5-6-18-9-11-20(12-10-18)25(26,27)28/h4-12H,3,13-17H2,1-2H3,(H,30,31)/b6-5+. The molecule has 0 bridgehead atoms. The normalized spacial score (nSPS) is 19.0. The second-order valence-corrected chi connectivity index (χ2v) is 8.33. The number of alkyl halides is 3. The van der Waals surface area contributed by atoms with E-state index < -0.39 is 23.4 Å². The lowest BCUT2D eigenvalue weighted by Gasteiger charge is -2.38. The van der Waals surface area contributed by atoms with Crippen LogP contribution < -0.4 is 4.74 Å². The van der Waals surface area contributed by atoms with E-state index in [2.05, 4.69) is 6.92 Å². The largest absolute Gasteiger partial charge is 0.489 e. The Hall–Kier alpha value is -2.96. The molecule has 1 heterocycles. The molecule has 1 N–H and O–H groups in total. The van der Waals surface area contributed by atoms with Gasteiger partial charge >= 0.3 is 12.3 Å². The molecule has 0 aliphatic carbocycles. The van der Waals surface area contributed by atoms with Gasteiger partial charge in [0.05, 0.1) is 5.56 Å². The van der Waals surface area contributed by atoms with Crippen LogP contribution in [0.3, 0.4) is 0 Å². The van der Waals surface area contributed by atoms with Gasteiger partial charge in [-0.25, -0.2) is 4.79 Å². The van der Waals surface area contributed by atoms with E-state index in [0.29, 0.717) is 30.7 Å².